The Morgan fingerprint density at radius 1 is 1.25 bits per heavy atom. The van der Waals surface area contributed by atoms with Crippen molar-refractivity contribution in [3.63, 3.8) is 0 Å². The number of aromatic carboxylic acids is 1. The third-order valence-corrected chi connectivity index (χ3v) is 3.45. The van der Waals surface area contributed by atoms with Gasteiger partial charge in [-0.25, -0.2) is 9.59 Å². The van der Waals surface area contributed by atoms with Gasteiger partial charge in [-0.3, -0.25) is 4.79 Å². The lowest BCUT2D eigenvalue weighted by atomic mass is 10.1. The van der Waals surface area contributed by atoms with Crippen LogP contribution < -0.4 is 11.0 Å². The van der Waals surface area contributed by atoms with Crippen LogP contribution in [0.15, 0.2) is 32.1 Å². The van der Waals surface area contributed by atoms with E-state index in [9.17, 15) is 14.4 Å². The van der Waals surface area contributed by atoms with Crippen molar-refractivity contribution in [3.05, 3.63) is 49.0 Å². The van der Waals surface area contributed by atoms with Gasteiger partial charge in [-0.15, -0.1) is 0 Å². The summed E-state index contributed by atoms with van der Waals surface area (Å²) in [6, 6.07) is 2.96. The molecule has 0 aliphatic rings. The highest BCUT2D eigenvalue weighted by Gasteiger charge is 2.18. The number of rotatable bonds is 3. The van der Waals surface area contributed by atoms with Crippen molar-refractivity contribution in [3.8, 4) is 0 Å². The molecule has 0 aliphatic heterocycles. The zero-order valence-corrected chi connectivity index (χ0v) is 12.8. The fourth-order valence-corrected chi connectivity index (χ4v) is 2.83. The van der Waals surface area contributed by atoms with Crippen LogP contribution in [0.1, 0.15) is 20.8 Å². The number of nitrogens with one attached hydrogen (secondary N) is 3. The molecule has 1 heterocycles. The van der Waals surface area contributed by atoms with E-state index in [2.05, 4.69) is 47.1 Å². The minimum absolute atomic E-state index is 0.00107. The summed E-state index contributed by atoms with van der Waals surface area (Å²) in [5, 5.41) is 11.6. The number of benzene rings is 1. The Kier molecular flexibility index (Phi) is 4.09. The first kappa shape index (κ1) is 14.5. The van der Waals surface area contributed by atoms with Crippen LogP contribution in [-0.2, 0) is 0 Å². The maximum absolute atomic E-state index is 11.9. The number of anilines is 1. The van der Waals surface area contributed by atoms with E-state index in [1.165, 1.54) is 12.3 Å². The number of hydrogen-bond donors (Lipinski definition) is 4. The summed E-state index contributed by atoms with van der Waals surface area (Å²) in [6.07, 6.45) is 1.20. The van der Waals surface area contributed by atoms with Crippen LogP contribution in [0, 0.1) is 0 Å². The topological polar surface area (TPSA) is 115 Å². The Morgan fingerprint density at radius 3 is 2.50 bits per heavy atom. The molecule has 9 heteroatoms. The van der Waals surface area contributed by atoms with Crippen LogP contribution in [0.25, 0.3) is 0 Å². The minimum Gasteiger partial charge on any atom is -0.478 e. The van der Waals surface area contributed by atoms with E-state index in [1.54, 1.807) is 6.07 Å². The monoisotopic (exact) mass is 403 g/mol. The van der Waals surface area contributed by atoms with Crippen molar-refractivity contribution in [1.82, 2.24) is 9.97 Å². The molecule has 0 saturated heterocycles. The maximum atomic E-state index is 11.9. The van der Waals surface area contributed by atoms with Crippen LogP contribution in [0.4, 0.5) is 5.69 Å². The van der Waals surface area contributed by atoms with E-state index >= 15 is 0 Å². The number of halogens is 2. The molecule has 0 fully saturated rings. The Hall–Kier alpha value is -1.87. The van der Waals surface area contributed by atoms with E-state index in [1.807, 2.05) is 0 Å². The lowest BCUT2D eigenvalue weighted by molar-refractivity contribution is 0.0698. The fourth-order valence-electron chi connectivity index (χ4n) is 1.50. The number of aromatic nitrogens is 2. The average molecular weight is 405 g/mol. The second-order valence-corrected chi connectivity index (χ2v) is 5.50. The van der Waals surface area contributed by atoms with Gasteiger partial charge in [-0.1, -0.05) is 15.9 Å². The molecule has 0 radical (unpaired) electrons. The van der Waals surface area contributed by atoms with Crippen LogP contribution in [0.3, 0.4) is 0 Å². The first-order chi connectivity index (χ1) is 9.38. The lowest BCUT2D eigenvalue weighted by Gasteiger charge is -2.10. The highest BCUT2D eigenvalue weighted by Crippen LogP contribution is 2.31. The molecule has 0 atom stereocenters. The smallest absolute Gasteiger partial charge is 0.337 e. The van der Waals surface area contributed by atoms with Gasteiger partial charge in [0.1, 0.15) is 5.69 Å². The van der Waals surface area contributed by atoms with E-state index in [0.29, 0.717) is 8.95 Å². The summed E-state index contributed by atoms with van der Waals surface area (Å²) in [7, 11) is 0. The highest BCUT2D eigenvalue weighted by molar-refractivity contribution is 9.11. The first-order valence-corrected chi connectivity index (χ1v) is 6.78. The van der Waals surface area contributed by atoms with Gasteiger partial charge in [0.25, 0.3) is 5.91 Å². The number of amides is 1. The number of carboxylic acids is 1. The molecule has 1 aromatic heterocycles. The van der Waals surface area contributed by atoms with Gasteiger partial charge < -0.3 is 20.4 Å². The Balaban J connectivity index is 2.40. The van der Waals surface area contributed by atoms with E-state index < -0.39 is 17.6 Å². The molecular formula is C11H7Br2N3O4. The second-order valence-electron chi connectivity index (χ2n) is 3.73. The van der Waals surface area contributed by atoms with E-state index in [4.69, 9.17) is 5.11 Å². The van der Waals surface area contributed by atoms with Crippen molar-refractivity contribution < 1.29 is 14.7 Å². The number of H-pyrrole nitrogens is 2. The van der Waals surface area contributed by atoms with Crippen LogP contribution >= 0.6 is 31.9 Å². The van der Waals surface area contributed by atoms with Crippen LogP contribution in [-0.4, -0.2) is 27.0 Å². The van der Waals surface area contributed by atoms with E-state index in [-0.39, 0.29) is 16.9 Å². The molecule has 0 saturated carbocycles. The van der Waals surface area contributed by atoms with Gasteiger partial charge in [0.05, 0.1) is 11.3 Å². The largest absolute Gasteiger partial charge is 0.478 e. The van der Waals surface area contributed by atoms with E-state index in [0.717, 1.165) is 0 Å². The summed E-state index contributed by atoms with van der Waals surface area (Å²) in [4.78, 5) is 38.6. The maximum Gasteiger partial charge on any atom is 0.337 e. The van der Waals surface area contributed by atoms with Crippen LogP contribution in [0.5, 0.6) is 0 Å². The lowest BCUT2D eigenvalue weighted by Crippen LogP contribution is -2.17. The zero-order chi connectivity index (χ0) is 14.9. The van der Waals surface area contributed by atoms with Crippen LogP contribution in [0.2, 0.25) is 0 Å². The number of carbonyl (C=O) groups is 2. The normalized spacial score (nSPS) is 10.3. The molecule has 0 aliphatic carbocycles. The molecule has 20 heavy (non-hydrogen) atoms. The Morgan fingerprint density at radius 2 is 1.95 bits per heavy atom. The minimum atomic E-state index is -1.19. The predicted octanol–water partition coefficient (Wildman–Crippen LogP) is 2.18. The molecule has 1 aromatic carbocycles. The Labute approximate surface area is 128 Å². The number of imidazole rings is 1. The standard InChI is InChI=1S/C11H7Br2N3O4/c12-4-1-5(10(18)19)8(6(13)2-4)16-9(17)7-3-14-11(20)15-7/h1-3H,(H,16,17)(H,18,19)(H2,14,15,20). The molecular weight excluding hydrogens is 398 g/mol. The second kappa shape index (κ2) is 5.63. The summed E-state index contributed by atoms with van der Waals surface area (Å²) < 4.78 is 0.949. The molecule has 7 nitrogen and oxygen atoms in total. The zero-order valence-electron chi connectivity index (χ0n) is 9.66. The molecule has 0 unspecified atom stereocenters. The fraction of sp³-hybridized carbons (Fsp3) is 0. The van der Waals surface area contributed by atoms with Gasteiger partial charge in [0, 0.05) is 15.1 Å². The molecule has 4 N–H and O–H groups in total. The molecule has 2 rings (SSSR count). The van der Waals surface area contributed by atoms with Crippen molar-refractivity contribution in [2.24, 2.45) is 0 Å². The van der Waals surface area contributed by atoms with Gasteiger partial charge >= 0.3 is 11.7 Å². The SMILES string of the molecule is O=C(Nc1c(Br)cc(Br)cc1C(=O)O)c1c[nH]c(=O)[nH]1. The van der Waals surface area contributed by atoms with Gasteiger partial charge in [0.15, 0.2) is 0 Å². The summed E-state index contributed by atoms with van der Waals surface area (Å²) in [5.74, 6) is -1.82. The number of hydrogen-bond acceptors (Lipinski definition) is 3. The number of carboxylic acid groups (broad SMARTS) is 1. The third-order valence-electron chi connectivity index (χ3n) is 2.36. The number of carbonyl (C=O) groups excluding carboxylic acids is 1. The predicted molar refractivity (Wildman–Crippen MR) is 78.2 cm³/mol. The third kappa shape index (κ3) is 2.99. The highest BCUT2D eigenvalue weighted by atomic mass is 79.9. The molecule has 2 aromatic rings. The molecule has 0 bridgehead atoms. The summed E-state index contributed by atoms with van der Waals surface area (Å²) in [5.41, 5.74) is -0.505. The van der Waals surface area contributed by atoms with Crippen molar-refractivity contribution in [2.45, 2.75) is 0 Å². The summed E-state index contributed by atoms with van der Waals surface area (Å²) in [6.45, 7) is 0. The Bertz CT molecular complexity index is 750. The summed E-state index contributed by atoms with van der Waals surface area (Å²) >= 11 is 6.36. The number of aromatic amines is 2. The van der Waals surface area contributed by atoms with Gasteiger partial charge in [-0.05, 0) is 28.1 Å². The molecule has 1 amide bonds. The average Bonchev–Trinajstić information content (AvgIpc) is 2.78. The quantitative estimate of drug-likeness (QED) is 0.627. The molecule has 0 spiro atoms. The first-order valence-electron chi connectivity index (χ1n) is 5.20. The van der Waals surface area contributed by atoms with Gasteiger partial charge in [0.2, 0.25) is 0 Å². The van der Waals surface area contributed by atoms with Gasteiger partial charge in [-0.2, -0.15) is 0 Å². The van der Waals surface area contributed by atoms with Crippen molar-refractivity contribution in [1.29, 1.82) is 0 Å². The van der Waals surface area contributed by atoms with Crippen molar-refractivity contribution in [2.75, 3.05) is 5.32 Å². The molecule has 104 valence electrons. The van der Waals surface area contributed by atoms with Crippen molar-refractivity contribution >= 4 is 49.4 Å².